The second-order valence-corrected chi connectivity index (χ2v) is 8.98. The predicted molar refractivity (Wildman–Crippen MR) is 108 cm³/mol. The maximum absolute atomic E-state index is 13.9. The van der Waals surface area contributed by atoms with Gasteiger partial charge in [0.05, 0.1) is 26.7 Å². The summed E-state index contributed by atoms with van der Waals surface area (Å²) < 4.78 is 41.2. The first-order valence-corrected chi connectivity index (χ1v) is 10.8. The minimum absolute atomic E-state index is 0.100. The number of thiazole rings is 1. The van der Waals surface area contributed by atoms with Crippen LogP contribution in [0.1, 0.15) is 18.5 Å². The third-order valence-corrected chi connectivity index (χ3v) is 6.44. The molecule has 27 heavy (non-hydrogen) atoms. The third-order valence-electron chi connectivity index (χ3n) is 3.71. The zero-order valence-corrected chi connectivity index (χ0v) is 17.1. The van der Waals surface area contributed by atoms with E-state index in [9.17, 15) is 12.8 Å². The zero-order valence-electron chi connectivity index (χ0n) is 13.9. The van der Waals surface area contributed by atoms with E-state index in [4.69, 9.17) is 23.2 Å². The van der Waals surface area contributed by atoms with Crippen LogP contribution in [-0.4, -0.2) is 13.4 Å². The summed E-state index contributed by atoms with van der Waals surface area (Å²) in [5.74, 6) is -0.364. The van der Waals surface area contributed by atoms with Gasteiger partial charge in [0.15, 0.2) is 5.13 Å². The van der Waals surface area contributed by atoms with E-state index in [1.807, 2.05) is 0 Å². The van der Waals surface area contributed by atoms with E-state index in [1.54, 1.807) is 30.5 Å². The van der Waals surface area contributed by atoms with Crippen LogP contribution in [0.3, 0.4) is 0 Å². The molecule has 0 fully saturated rings. The topological polar surface area (TPSA) is 71.1 Å². The molecule has 0 aliphatic heterocycles. The van der Waals surface area contributed by atoms with Gasteiger partial charge in [0.25, 0.3) is 10.0 Å². The van der Waals surface area contributed by atoms with E-state index in [2.05, 4.69) is 15.0 Å². The molecule has 2 aromatic carbocycles. The molecule has 0 aliphatic rings. The number of hydrogen-bond acceptors (Lipinski definition) is 5. The van der Waals surface area contributed by atoms with Crippen molar-refractivity contribution in [1.29, 1.82) is 0 Å². The number of nitrogens with zero attached hydrogens (tertiary/aromatic N) is 1. The molecule has 0 unspecified atom stereocenters. The zero-order chi connectivity index (χ0) is 19.6. The summed E-state index contributed by atoms with van der Waals surface area (Å²) >= 11 is 13.6. The molecule has 142 valence electrons. The average Bonchev–Trinajstić information content (AvgIpc) is 3.10. The number of aromatic nitrogens is 1. The Balaban J connectivity index is 1.88. The normalized spacial score (nSPS) is 12.6. The lowest BCUT2D eigenvalue weighted by Crippen LogP contribution is -2.14. The Morgan fingerprint density at radius 1 is 1.19 bits per heavy atom. The number of nitrogens with one attached hydrogen (secondary N) is 2. The van der Waals surface area contributed by atoms with Crippen molar-refractivity contribution in [2.75, 3.05) is 10.0 Å². The third kappa shape index (κ3) is 4.52. The number of anilines is 2. The largest absolute Gasteiger partial charge is 0.376 e. The lowest BCUT2D eigenvalue weighted by molar-refractivity contribution is 0.600. The van der Waals surface area contributed by atoms with Gasteiger partial charge in [-0.2, -0.15) is 0 Å². The maximum Gasteiger partial charge on any atom is 0.263 e. The molecule has 1 aromatic heterocycles. The summed E-state index contributed by atoms with van der Waals surface area (Å²) in [6, 6.07) is 8.44. The average molecular weight is 446 g/mol. The molecule has 3 aromatic rings. The first-order chi connectivity index (χ1) is 12.8. The van der Waals surface area contributed by atoms with Gasteiger partial charge in [0.2, 0.25) is 0 Å². The molecule has 2 N–H and O–H groups in total. The van der Waals surface area contributed by atoms with Crippen LogP contribution < -0.4 is 10.0 Å². The van der Waals surface area contributed by atoms with E-state index in [-0.39, 0.29) is 25.9 Å². The quantitative estimate of drug-likeness (QED) is 0.520. The smallest absolute Gasteiger partial charge is 0.263 e. The van der Waals surface area contributed by atoms with Crippen molar-refractivity contribution < 1.29 is 12.8 Å². The van der Waals surface area contributed by atoms with Crippen molar-refractivity contribution in [3.05, 3.63) is 69.4 Å². The first kappa shape index (κ1) is 19.9. The second-order valence-electron chi connectivity index (χ2n) is 5.59. The molecule has 0 spiro atoms. The van der Waals surface area contributed by atoms with Crippen LogP contribution in [-0.2, 0) is 10.0 Å². The van der Waals surface area contributed by atoms with E-state index in [1.165, 1.54) is 24.4 Å². The van der Waals surface area contributed by atoms with Gasteiger partial charge < -0.3 is 5.32 Å². The highest BCUT2D eigenvalue weighted by molar-refractivity contribution is 7.93. The summed E-state index contributed by atoms with van der Waals surface area (Å²) in [6.07, 6.45) is 1.49. The van der Waals surface area contributed by atoms with Gasteiger partial charge in [0.1, 0.15) is 5.82 Å². The van der Waals surface area contributed by atoms with E-state index in [0.29, 0.717) is 11.3 Å². The molecule has 10 heteroatoms. The second kappa shape index (κ2) is 8.02. The Bertz CT molecular complexity index is 1040. The fraction of sp³-hybridized carbons (Fsp3) is 0.118. The number of rotatable bonds is 6. The van der Waals surface area contributed by atoms with Gasteiger partial charge in [-0.15, -0.1) is 11.3 Å². The van der Waals surface area contributed by atoms with Crippen LogP contribution in [0.25, 0.3) is 0 Å². The standard InChI is InChI=1S/C17H14Cl2FN3O2S2/c1-10(12-4-2-3-5-15(12)20)22-16-13(18)8-11(9-14(16)19)27(24,25)23-17-21-6-7-26-17/h2-10,22H,1H3,(H,21,23)/t10-/m0/s1. The summed E-state index contributed by atoms with van der Waals surface area (Å²) in [7, 11) is -3.89. The Morgan fingerprint density at radius 2 is 1.85 bits per heavy atom. The fourth-order valence-corrected chi connectivity index (χ4v) is 4.98. The van der Waals surface area contributed by atoms with Crippen LogP contribution in [0.4, 0.5) is 15.2 Å². The Morgan fingerprint density at radius 3 is 2.44 bits per heavy atom. The molecule has 0 aliphatic carbocycles. The van der Waals surface area contributed by atoms with Gasteiger partial charge in [-0.1, -0.05) is 41.4 Å². The summed E-state index contributed by atoms with van der Waals surface area (Å²) in [6.45, 7) is 1.75. The van der Waals surface area contributed by atoms with Crippen LogP contribution in [0.2, 0.25) is 10.0 Å². The van der Waals surface area contributed by atoms with Crippen molar-refractivity contribution >= 4 is 55.4 Å². The first-order valence-electron chi connectivity index (χ1n) is 7.70. The van der Waals surface area contributed by atoms with Gasteiger partial charge in [0, 0.05) is 17.1 Å². The molecule has 0 saturated carbocycles. The van der Waals surface area contributed by atoms with Gasteiger partial charge in [-0.3, -0.25) is 4.72 Å². The van der Waals surface area contributed by atoms with Gasteiger partial charge >= 0.3 is 0 Å². The number of halogens is 3. The molecular weight excluding hydrogens is 432 g/mol. The Kier molecular flexibility index (Phi) is 5.90. The lowest BCUT2D eigenvalue weighted by Gasteiger charge is -2.19. The van der Waals surface area contributed by atoms with Crippen molar-refractivity contribution in [2.45, 2.75) is 17.9 Å². The highest BCUT2D eigenvalue weighted by Crippen LogP contribution is 2.36. The lowest BCUT2D eigenvalue weighted by atomic mass is 10.1. The molecule has 1 heterocycles. The Labute approximate surface area is 170 Å². The van der Waals surface area contributed by atoms with Crippen molar-refractivity contribution in [3.63, 3.8) is 0 Å². The number of benzene rings is 2. The minimum Gasteiger partial charge on any atom is -0.376 e. The molecule has 5 nitrogen and oxygen atoms in total. The van der Waals surface area contributed by atoms with Crippen molar-refractivity contribution in [1.82, 2.24) is 4.98 Å². The van der Waals surface area contributed by atoms with E-state index in [0.717, 1.165) is 11.3 Å². The van der Waals surface area contributed by atoms with Crippen LogP contribution in [0.5, 0.6) is 0 Å². The fourth-order valence-electron chi connectivity index (χ4n) is 2.41. The maximum atomic E-state index is 13.9. The highest BCUT2D eigenvalue weighted by atomic mass is 35.5. The van der Waals surface area contributed by atoms with Gasteiger partial charge in [-0.05, 0) is 25.1 Å². The summed E-state index contributed by atoms with van der Waals surface area (Å²) in [4.78, 5) is 3.78. The van der Waals surface area contributed by atoms with E-state index < -0.39 is 16.1 Å². The van der Waals surface area contributed by atoms with Gasteiger partial charge in [-0.25, -0.2) is 17.8 Å². The van der Waals surface area contributed by atoms with Crippen molar-refractivity contribution in [3.8, 4) is 0 Å². The molecular formula is C17H14Cl2FN3O2S2. The summed E-state index contributed by atoms with van der Waals surface area (Å²) in [5, 5.41) is 5.12. The van der Waals surface area contributed by atoms with Crippen LogP contribution in [0, 0.1) is 5.82 Å². The highest BCUT2D eigenvalue weighted by Gasteiger charge is 2.21. The molecule has 0 bridgehead atoms. The SMILES string of the molecule is C[C@H](Nc1c(Cl)cc(S(=O)(=O)Nc2nccs2)cc1Cl)c1ccccc1F. The monoisotopic (exact) mass is 445 g/mol. The predicted octanol–water partition coefficient (Wildman–Crippen LogP) is 5.56. The molecule has 1 atom stereocenters. The molecule has 0 saturated heterocycles. The molecule has 3 rings (SSSR count). The van der Waals surface area contributed by atoms with Crippen LogP contribution in [0.15, 0.2) is 52.9 Å². The molecule has 0 radical (unpaired) electrons. The minimum atomic E-state index is -3.89. The number of hydrogen-bond donors (Lipinski definition) is 2. The Hall–Kier alpha value is -1.87. The van der Waals surface area contributed by atoms with Crippen LogP contribution >= 0.6 is 34.5 Å². The molecule has 0 amide bonds. The number of sulfonamides is 1. The van der Waals surface area contributed by atoms with Crippen molar-refractivity contribution in [2.24, 2.45) is 0 Å². The summed E-state index contributed by atoms with van der Waals surface area (Å²) in [5.41, 5.74) is 0.758. The van der Waals surface area contributed by atoms with E-state index >= 15 is 0 Å².